The van der Waals surface area contributed by atoms with Crippen LogP contribution in [0.4, 0.5) is 4.39 Å². The number of amides is 1. The summed E-state index contributed by atoms with van der Waals surface area (Å²) in [6, 6.07) is 12.5. The molecule has 12 nitrogen and oxygen atoms in total. The van der Waals surface area contributed by atoms with Gasteiger partial charge in [-0.1, -0.05) is 48.2 Å². The average Bonchev–Trinajstić information content (AvgIpc) is 3.46. The van der Waals surface area contributed by atoms with E-state index < -0.39 is 27.7 Å². The Kier molecular flexibility index (Phi) is 10.5. The van der Waals surface area contributed by atoms with Crippen molar-refractivity contribution in [1.82, 2.24) is 18.9 Å². The highest BCUT2D eigenvalue weighted by molar-refractivity contribution is 8.15. The van der Waals surface area contributed by atoms with Gasteiger partial charge in [-0.25, -0.2) is 18.6 Å². The van der Waals surface area contributed by atoms with Crippen molar-refractivity contribution in [3.63, 3.8) is 0 Å². The monoisotopic (exact) mass is 664 g/mol. The van der Waals surface area contributed by atoms with Crippen molar-refractivity contribution in [1.29, 1.82) is 0 Å². The summed E-state index contributed by atoms with van der Waals surface area (Å²) in [7, 11) is 1.15. The molecular weight excluding hydrogens is 631 g/mol. The lowest BCUT2D eigenvalue weighted by Gasteiger charge is -2.35. The SMILES string of the molecule is COC(=O)c1cc(F)ccc1CC(C=O)SC(=O)c1nc2n(CC(=O)N3C[C@H](C)O[C@@H](C)C3)ccn2c(=O)c1OCc1ccccc1. The first-order valence-corrected chi connectivity index (χ1v) is 15.7. The van der Waals surface area contributed by atoms with Crippen LogP contribution in [0.1, 0.15) is 45.8 Å². The number of thioether (sulfide) groups is 1. The molecule has 1 unspecified atom stereocenters. The summed E-state index contributed by atoms with van der Waals surface area (Å²) in [4.78, 5) is 71.4. The molecule has 0 spiro atoms. The Labute approximate surface area is 273 Å². The summed E-state index contributed by atoms with van der Waals surface area (Å²) >= 11 is 0.582. The number of fused-ring (bicyclic) bond motifs is 1. The summed E-state index contributed by atoms with van der Waals surface area (Å²) in [6.07, 6.45) is 3.09. The number of benzene rings is 2. The molecule has 0 saturated carbocycles. The molecule has 5 rings (SSSR count). The Bertz CT molecular complexity index is 1850. The van der Waals surface area contributed by atoms with Crippen LogP contribution in [-0.2, 0) is 38.6 Å². The number of esters is 1. The maximum Gasteiger partial charge on any atom is 0.338 e. The third-order valence-corrected chi connectivity index (χ3v) is 8.50. The zero-order valence-corrected chi connectivity index (χ0v) is 26.8. The van der Waals surface area contributed by atoms with Crippen LogP contribution in [0.3, 0.4) is 0 Å². The van der Waals surface area contributed by atoms with Crippen molar-refractivity contribution in [3.05, 3.63) is 99.5 Å². The number of aldehydes is 1. The van der Waals surface area contributed by atoms with Gasteiger partial charge < -0.3 is 28.5 Å². The molecule has 47 heavy (non-hydrogen) atoms. The van der Waals surface area contributed by atoms with Crippen LogP contribution < -0.4 is 10.3 Å². The van der Waals surface area contributed by atoms with E-state index in [0.29, 0.717) is 36.7 Å². The van der Waals surface area contributed by atoms with Crippen LogP contribution in [0.2, 0.25) is 0 Å². The largest absolute Gasteiger partial charge is 0.481 e. The number of hydrogen-bond donors (Lipinski definition) is 0. The number of methoxy groups -OCH3 is 1. The number of carbonyl (C=O) groups excluding carboxylic acids is 4. The van der Waals surface area contributed by atoms with E-state index in [2.05, 4.69) is 4.98 Å². The molecule has 246 valence electrons. The first kappa shape index (κ1) is 33.5. The van der Waals surface area contributed by atoms with Gasteiger partial charge in [-0.3, -0.25) is 14.4 Å². The van der Waals surface area contributed by atoms with Crippen molar-refractivity contribution in [2.45, 2.75) is 50.9 Å². The van der Waals surface area contributed by atoms with E-state index in [9.17, 15) is 28.4 Å². The number of morpholine rings is 1. The molecule has 4 aromatic rings. The van der Waals surface area contributed by atoms with E-state index in [4.69, 9.17) is 14.2 Å². The Morgan fingerprint density at radius 1 is 1.11 bits per heavy atom. The van der Waals surface area contributed by atoms with E-state index in [-0.39, 0.29) is 60.5 Å². The molecule has 0 N–H and O–H groups in total. The van der Waals surface area contributed by atoms with Gasteiger partial charge in [0.1, 0.15) is 25.3 Å². The van der Waals surface area contributed by atoms with Crippen molar-refractivity contribution in [2.75, 3.05) is 20.2 Å². The quantitative estimate of drug-likeness (QED) is 0.173. The maximum atomic E-state index is 13.9. The Morgan fingerprint density at radius 3 is 2.51 bits per heavy atom. The van der Waals surface area contributed by atoms with Crippen molar-refractivity contribution >= 4 is 40.8 Å². The van der Waals surface area contributed by atoms with Gasteiger partial charge in [0.15, 0.2) is 5.69 Å². The van der Waals surface area contributed by atoms with Gasteiger partial charge in [-0.15, -0.1) is 0 Å². The standard InChI is InChI=1S/C33H33FN4O8S/c1-20-15-37(16-21(2)46-20)27(40)17-36-11-12-38-30(41)29(45-19-22-7-5-4-6-8-22)28(35-33(36)38)32(43)47-25(18-39)13-23-9-10-24(34)14-26(23)31(42)44-3/h4-12,14,18,20-21,25H,13,15-17,19H2,1-3H3/t20-,21-,25?/m0/s1. The van der Waals surface area contributed by atoms with E-state index >= 15 is 0 Å². The third-order valence-electron chi connectivity index (χ3n) is 7.51. The van der Waals surface area contributed by atoms with Crippen molar-refractivity contribution in [3.8, 4) is 5.75 Å². The molecule has 14 heteroatoms. The van der Waals surface area contributed by atoms with Crippen LogP contribution in [-0.4, -0.2) is 79.8 Å². The van der Waals surface area contributed by atoms with E-state index in [1.165, 1.54) is 27.4 Å². The molecule has 3 heterocycles. The summed E-state index contributed by atoms with van der Waals surface area (Å²) in [5.74, 6) is -1.98. The van der Waals surface area contributed by atoms with Gasteiger partial charge in [0.25, 0.3) is 0 Å². The van der Waals surface area contributed by atoms with Crippen molar-refractivity contribution in [2.24, 2.45) is 0 Å². The van der Waals surface area contributed by atoms with Gasteiger partial charge in [-0.2, -0.15) is 0 Å². The number of rotatable bonds is 11. The Morgan fingerprint density at radius 2 is 1.83 bits per heavy atom. The summed E-state index contributed by atoms with van der Waals surface area (Å²) in [5.41, 5.74) is -0.0694. The summed E-state index contributed by atoms with van der Waals surface area (Å²) in [6.45, 7) is 4.39. The third kappa shape index (κ3) is 7.77. The van der Waals surface area contributed by atoms with Crippen LogP contribution in [0.15, 0.2) is 65.7 Å². The van der Waals surface area contributed by atoms with Crippen LogP contribution in [0.25, 0.3) is 5.78 Å². The number of hydrogen-bond acceptors (Lipinski definition) is 10. The highest BCUT2D eigenvalue weighted by atomic mass is 32.2. The second kappa shape index (κ2) is 14.7. The van der Waals surface area contributed by atoms with Crippen LogP contribution in [0.5, 0.6) is 5.75 Å². The van der Waals surface area contributed by atoms with Gasteiger partial charge >= 0.3 is 11.5 Å². The van der Waals surface area contributed by atoms with Gasteiger partial charge in [0.05, 0.1) is 30.1 Å². The zero-order valence-electron chi connectivity index (χ0n) is 26.0. The molecule has 2 aromatic carbocycles. The minimum Gasteiger partial charge on any atom is -0.481 e. The highest BCUT2D eigenvalue weighted by Gasteiger charge is 2.29. The molecule has 2 aromatic heterocycles. The van der Waals surface area contributed by atoms with E-state index in [0.717, 1.165) is 24.8 Å². The summed E-state index contributed by atoms with van der Waals surface area (Å²) < 4.78 is 32.9. The predicted molar refractivity (Wildman–Crippen MR) is 170 cm³/mol. The van der Waals surface area contributed by atoms with Gasteiger partial charge in [-0.05, 0) is 43.5 Å². The molecule has 1 amide bonds. The fraction of sp³-hybridized carbons (Fsp3) is 0.333. The first-order valence-electron chi connectivity index (χ1n) is 14.8. The maximum absolute atomic E-state index is 13.9. The highest BCUT2D eigenvalue weighted by Crippen LogP contribution is 2.26. The molecule has 0 aliphatic carbocycles. The van der Waals surface area contributed by atoms with Gasteiger partial charge in [0, 0.05) is 25.5 Å². The number of nitrogens with zero attached hydrogens (tertiary/aromatic N) is 4. The number of halogens is 1. The number of ether oxygens (including phenoxy) is 3. The second-order valence-corrected chi connectivity index (χ2v) is 12.3. The number of imidazole rings is 1. The minimum atomic E-state index is -1.04. The second-order valence-electron chi connectivity index (χ2n) is 11.1. The Hall–Kier alpha value is -4.82. The fourth-order valence-electron chi connectivity index (χ4n) is 5.36. The molecular formula is C33H33FN4O8S. The molecule has 0 radical (unpaired) electrons. The smallest absolute Gasteiger partial charge is 0.338 e. The van der Waals surface area contributed by atoms with Gasteiger partial charge in [0.2, 0.25) is 22.5 Å². The Balaban J connectivity index is 1.47. The topological polar surface area (TPSA) is 139 Å². The number of carbonyl (C=O) groups is 4. The lowest BCUT2D eigenvalue weighted by Crippen LogP contribution is -2.49. The molecule has 1 aliphatic rings. The normalized spacial score (nSPS) is 16.9. The lowest BCUT2D eigenvalue weighted by atomic mass is 10.0. The van der Waals surface area contributed by atoms with Crippen LogP contribution >= 0.6 is 11.8 Å². The number of aromatic nitrogens is 3. The van der Waals surface area contributed by atoms with Crippen LogP contribution in [0, 0.1) is 5.82 Å². The predicted octanol–water partition coefficient (Wildman–Crippen LogP) is 3.32. The molecule has 1 aliphatic heterocycles. The van der Waals surface area contributed by atoms with Crippen molar-refractivity contribution < 1.29 is 37.8 Å². The van der Waals surface area contributed by atoms with E-state index in [1.807, 2.05) is 19.9 Å². The average molecular weight is 665 g/mol. The molecule has 1 saturated heterocycles. The first-order chi connectivity index (χ1) is 22.6. The minimum absolute atomic E-state index is 0.0304. The molecule has 1 fully saturated rings. The molecule has 0 bridgehead atoms. The molecule has 3 atom stereocenters. The fourth-order valence-corrected chi connectivity index (χ4v) is 6.20. The lowest BCUT2D eigenvalue weighted by molar-refractivity contribution is -0.143. The van der Waals surface area contributed by atoms with E-state index in [1.54, 1.807) is 29.2 Å². The zero-order chi connectivity index (χ0) is 33.7. The summed E-state index contributed by atoms with van der Waals surface area (Å²) in [5, 5.41) is -1.79.